The number of rotatable bonds is 5. The third kappa shape index (κ3) is 3.73. The number of nitrogens with one attached hydrogen (secondary N) is 1. The summed E-state index contributed by atoms with van der Waals surface area (Å²) >= 11 is 3.94. The van der Waals surface area contributed by atoms with E-state index in [0.29, 0.717) is 5.88 Å². The highest BCUT2D eigenvalue weighted by Gasteiger charge is 2.12. The van der Waals surface area contributed by atoms with Crippen LogP contribution in [0.25, 0.3) is 0 Å². The Bertz CT molecular complexity index is 539. The average Bonchev–Trinajstić information content (AvgIpc) is 2.81. The molecule has 0 atom stereocenters. The minimum atomic E-state index is 0.701. The van der Waals surface area contributed by atoms with Crippen molar-refractivity contribution in [3.05, 3.63) is 32.7 Å². The first-order valence-electron chi connectivity index (χ1n) is 5.80. The smallest absolute Gasteiger partial charge is 0.231 e. The number of hydrogen-bond acceptors (Lipinski definition) is 5. The Labute approximate surface area is 130 Å². The molecule has 0 fully saturated rings. The second kappa shape index (κ2) is 6.42. The lowest BCUT2D eigenvalue weighted by Gasteiger charge is -2.06. The molecule has 0 spiro atoms. The Kier molecular flexibility index (Phi) is 4.87. The van der Waals surface area contributed by atoms with E-state index < -0.39 is 0 Å². The Balaban J connectivity index is 2.08. The Morgan fingerprint density at radius 2 is 2.00 bits per heavy atom. The van der Waals surface area contributed by atoms with E-state index in [0.717, 1.165) is 22.2 Å². The van der Waals surface area contributed by atoms with E-state index in [2.05, 4.69) is 57.2 Å². The maximum atomic E-state index is 5.32. The van der Waals surface area contributed by atoms with Crippen LogP contribution in [0.1, 0.15) is 4.88 Å². The van der Waals surface area contributed by atoms with E-state index in [9.17, 15) is 0 Å². The number of anilines is 2. The first-order chi connectivity index (χ1) is 9.10. The minimum Gasteiger partial charge on any atom is -0.480 e. The monoisotopic (exact) mass is 389 g/mol. The molecule has 2 rings (SSSR count). The zero-order valence-electron chi connectivity index (χ0n) is 11.1. The van der Waals surface area contributed by atoms with Crippen molar-refractivity contribution in [2.45, 2.75) is 6.54 Å². The maximum Gasteiger partial charge on any atom is 0.231 e. The molecule has 0 aliphatic rings. The summed E-state index contributed by atoms with van der Waals surface area (Å²) in [6.45, 7) is 0.718. The van der Waals surface area contributed by atoms with Crippen LogP contribution in [-0.2, 0) is 6.54 Å². The molecule has 1 N–H and O–H groups in total. The molecule has 19 heavy (non-hydrogen) atoms. The largest absolute Gasteiger partial charge is 0.480 e. The molecular formula is C13H16IN3OS. The summed E-state index contributed by atoms with van der Waals surface area (Å²) in [5.41, 5.74) is 1.10. The van der Waals surface area contributed by atoms with Crippen LogP contribution in [0.15, 0.2) is 24.3 Å². The van der Waals surface area contributed by atoms with Crippen molar-refractivity contribution >= 4 is 44.7 Å². The summed E-state index contributed by atoms with van der Waals surface area (Å²) in [7, 11) is 5.62. The van der Waals surface area contributed by atoms with Crippen LogP contribution in [0.5, 0.6) is 5.88 Å². The van der Waals surface area contributed by atoms with E-state index in [1.54, 1.807) is 18.4 Å². The average molecular weight is 389 g/mol. The van der Waals surface area contributed by atoms with Gasteiger partial charge < -0.3 is 15.0 Å². The van der Waals surface area contributed by atoms with Gasteiger partial charge in [-0.25, -0.2) is 0 Å². The van der Waals surface area contributed by atoms with Crippen molar-refractivity contribution in [3.8, 4) is 5.88 Å². The van der Waals surface area contributed by atoms with Gasteiger partial charge in [0.05, 0.1) is 18.5 Å². The fraction of sp³-hybridized carbons (Fsp3) is 0.308. The van der Waals surface area contributed by atoms with E-state index in [4.69, 9.17) is 4.74 Å². The highest BCUT2D eigenvalue weighted by molar-refractivity contribution is 14.1. The molecule has 4 nitrogen and oxygen atoms in total. The molecule has 102 valence electrons. The lowest BCUT2D eigenvalue weighted by atomic mass is 10.3. The quantitative estimate of drug-likeness (QED) is 0.796. The van der Waals surface area contributed by atoms with Crippen LogP contribution in [0.3, 0.4) is 0 Å². The lowest BCUT2D eigenvalue weighted by molar-refractivity contribution is 0.397. The first kappa shape index (κ1) is 14.4. The molecule has 0 unspecified atom stereocenters. The molecule has 0 radical (unpaired) electrons. The predicted molar refractivity (Wildman–Crippen MR) is 89.5 cm³/mol. The predicted octanol–water partition coefficient (Wildman–Crippen LogP) is 3.43. The minimum absolute atomic E-state index is 0.701. The highest BCUT2D eigenvalue weighted by Crippen LogP contribution is 2.30. The van der Waals surface area contributed by atoms with E-state index >= 15 is 0 Å². The van der Waals surface area contributed by atoms with Gasteiger partial charge in [-0.1, -0.05) is 11.3 Å². The Hall–Kier alpha value is -1.02. The summed E-state index contributed by atoms with van der Waals surface area (Å²) in [6.07, 6.45) is 0. The summed E-state index contributed by atoms with van der Waals surface area (Å²) < 4.78 is 6.55. The molecule has 6 heteroatoms. The van der Waals surface area contributed by atoms with Crippen LogP contribution in [0, 0.1) is 3.57 Å². The second-order valence-corrected chi connectivity index (χ2v) is 6.49. The van der Waals surface area contributed by atoms with Gasteiger partial charge in [0.25, 0.3) is 0 Å². The summed E-state index contributed by atoms with van der Waals surface area (Å²) in [5, 5.41) is 4.34. The SMILES string of the molecule is COc1nc(N(C)C)sc1CNc1ccc(I)cc1. The topological polar surface area (TPSA) is 37.4 Å². The molecule has 0 aliphatic heterocycles. The third-order valence-electron chi connectivity index (χ3n) is 2.52. The van der Waals surface area contributed by atoms with Crippen LogP contribution in [-0.4, -0.2) is 26.2 Å². The van der Waals surface area contributed by atoms with Crippen LogP contribution in [0.2, 0.25) is 0 Å². The second-order valence-electron chi connectivity index (χ2n) is 4.18. The Morgan fingerprint density at radius 3 is 2.58 bits per heavy atom. The normalized spacial score (nSPS) is 10.3. The Morgan fingerprint density at radius 1 is 1.32 bits per heavy atom. The van der Waals surface area contributed by atoms with Crippen molar-refractivity contribution in [1.82, 2.24) is 4.98 Å². The number of methoxy groups -OCH3 is 1. The van der Waals surface area contributed by atoms with Crippen molar-refractivity contribution < 1.29 is 4.74 Å². The lowest BCUT2D eigenvalue weighted by Crippen LogP contribution is -2.07. The number of ether oxygens (including phenoxy) is 1. The summed E-state index contributed by atoms with van der Waals surface area (Å²) in [6, 6.07) is 8.31. The van der Waals surface area contributed by atoms with Gasteiger partial charge in [-0.15, -0.1) is 0 Å². The molecule has 2 aromatic rings. The zero-order valence-corrected chi connectivity index (χ0v) is 14.1. The number of thiazole rings is 1. The fourth-order valence-electron chi connectivity index (χ4n) is 1.54. The number of nitrogens with zero attached hydrogens (tertiary/aromatic N) is 2. The molecule has 0 saturated heterocycles. The van der Waals surface area contributed by atoms with Gasteiger partial charge in [-0.3, -0.25) is 0 Å². The molecule has 0 aliphatic carbocycles. The maximum absolute atomic E-state index is 5.32. The van der Waals surface area contributed by atoms with Crippen molar-refractivity contribution in [2.24, 2.45) is 0 Å². The van der Waals surface area contributed by atoms with E-state index in [1.807, 2.05) is 19.0 Å². The number of benzene rings is 1. The summed E-state index contributed by atoms with van der Waals surface area (Å²) in [4.78, 5) is 7.52. The first-order valence-corrected chi connectivity index (χ1v) is 7.70. The standard InChI is InChI=1S/C13H16IN3OS/c1-17(2)13-16-12(18-3)11(19-13)8-15-10-6-4-9(14)5-7-10/h4-7,15H,8H2,1-3H3. The number of halogens is 1. The van der Waals surface area contributed by atoms with Gasteiger partial charge in [-0.2, -0.15) is 4.98 Å². The van der Waals surface area contributed by atoms with Crippen molar-refractivity contribution in [3.63, 3.8) is 0 Å². The third-order valence-corrected chi connectivity index (χ3v) is 4.45. The van der Waals surface area contributed by atoms with Gasteiger partial charge in [0.1, 0.15) is 0 Å². The molecule has 0 amide bonds. The molecule has 1 aromatic carbocycles. The zero-order chi connectivity index (χ0) is 13.8. The molecule has 1 heterocycles. The van der Waals surface area contributed by atoms with E-state index in [1.165, 1.54) is 3.57 Å². The van der Waals surface area contributed by atoms with Crippen LogP contribution >= 0.6 is 33.9 Å². The van der Waals surface area contributed by atoms with Crippen molar-refractivity contribution in [2.75, 3.05) is 31.4 Å². The van der Waals surface area contributed by atoms with Gasteiger partial charge in [0.2, 0.25) is 5.88 Å². The number of aromatic nitrogens is 1. The van der Waals surface area contributed by atoms with Gasteiger partial charge >= 0.3 is 0 Å². The molecule has 0 bridgehead atoms. The van der Waals surface area contributed by atoms with Gasteiger partial charge in [-0.05, 0) is 46.9 Å². The van der Waals surface area contributed by atoms with Crippen molar-refractivity contribution in [1.29, 1.82) is 0 Å². The number of hydrogen-bond donors (Lipinski definition) is 1. The highest BCUT2D eigenvalue weighted by atomic mass is 127. The molecule has 0 saturated carbocycles. The van der Waals surface area contributed by atoms with Crippen LogP contribution < -0.4 is 15.0 Å². The van der Waals surface area contributed by atoms with E-state index in [-0.39, 0.29) is 0 Å². The van der Waals surface area contributed by atoms with Crippen LogP contribution in [0.4, 0.5) is 10.8 Å². The van der Waals surface area contributed by atoms with Gasteiger partial charge in [0, 0.05) is 23.4 Å². The fourth-order valence-corrected chi connectivity index (χ4v) is 2.79. The van der Waals surface area contributed by atoms with Gasteiger partial charge in [0.15, 0.2) is 5.13 Å². The molecular weight excluding hydrogens is 373 g/mol. The molecule has 1 aromatic heterocycles. The summed E-state index contributed by atoms with van der Waals surface area (Å²) in [5.74, 6) is 0.701.